The van der Waals surface area contributed by atoms with Crippen LogP contribution in [0.1, 0.15) is 23.2 Å². The van der Waals surface area contributed by atoms with E-state index in [1.807, 2.05) is 0 Å². The topological polar surface area (TPSA) is 41.1 Å². The van der Waals surface area contributed by atoms with E-state index in [1.165, 1.54) is 0 Å². The Morgan fingerprint density at radius 3 is 2.59 bits per heavy atom. The van der Waals surface area contributed by atoms with E-state index in [2.05, 4.69) is 10.6 Å². The van der Waals surface area contributed by atoms with Crippen LogP contribution >= 0.6 is 23.2 Å². The lowest BCUT2D eigenvalue weighted by molar-refractivity contribution is 0.0929. The van der Waals surface area contributed by atoms with Crippen LogP contribution in [0.2, 0.25) is 10.0 Å². The number of amides is 1. The second-order valence-electron chi connectivity index (χ2n) is 4.13. The summed E-state index contributed by atoms with van der Waals surface area (Å²) in [5.74, 6) is -0.0875. The summed E-state index contributed by atoms with van der Waals surface area (Å²) in [7, 11) is 0. The zero-order chi connectivity index (χ0) is 12.3. The fourth-order valence-electron chi connectivity index (χ4n) is 1.87. The first kappa shape index (κ1) is 12.7. The van der Waals surface area contributed by atoms with Gasteiger partial charge in [0.15, 0.2) is 0 Å². The van der Waals surface area contributed by atoms with Crippen molar-refractivity contribution in [3.05, 3.63) is 33.8 Å². The van der Waals surface area contributed by atoms with Gasteiger partial charge >= 0.3 is 0 Å². The Balaban J connectivity index is 2.01. The van der Waals surface area contributed by atoms with Gasteiger partial charge in [0.1, 0.15) is 0 Å². The van der Waals surface area contributed by atoms with Crippen molar-refractivity contribution in [3.63, 3.8) is 0 Å². The molecule has 1 aliphatic rings. The molecule has 17 heavy (non-hydrogen) atoms. The van der Waals surface area contributed by atoms with Gasteiger partial charge in [-0.15, -0.1) is 0 Å². The normalized spacial score (nSPS) is 16.8. The van der Waals surface area contributed by atoms with Gasteiger partial charge in [0, 0.05) is 11.6 Å². The highest BCUT2D eigenvalue weighted by molar-refractivity contribution is 6.42. The number of carbonyl (C=O) groups excluding carboxylic acids is 1. The number of benzene rings is 1. The summed E-state index contributed by atoms with van der Waals surface area (Å²) in [6.07, 6.45) is 1.93. The minimum atomic E-state index is -0.0875. The molecule has 0 unspecified atom stereocenters. The van der Waals surface area contributed by atoms with Crippen molar-refractivity contribution in [2.45, 2.75) is 18.9 Å². The zero-order valence-electron chi connectivity index (χ0n) is 9.30. The van der Waals surface area contributed by atoms with Crippen LogP contribution in [0.4, 0.5) is 0 Å². The number of hydrogen-bond donors (Lipinski definition) is 2. The van der Waals surface area contributed by atoms with Gasteiger partial charge in [0.2, 0.25) is 0 Å². The van der Waals surface area contributed by atoms with Gasteiger partial charge in [-0.05, 0) is 44.1 Å². The van der Waals surface area contributed by atoms with Crippen molar-refractivity contribution in [2.75, 3.05) is 13.1 Å². The summed E-state index contributed by atoms with van der Waals surface area (Å²) in [6, 6.07) is 5.17. The fourth-order valence-corrected chi connectivity index (χ4v) is 2.17. The lowest BCUT2D eigenvalue weighted by atomic mass is 10.1. The molecule has 0 radical (unpaired) electrons. The largest absolute Gasteiger partial charge is 0.349 e. The highest BCUT2D eigenvalue weighted by Gasteiger charge is 2.16. The van der Waals surface area contributed by atoms with Gasteiger partial charge in [0.25, 0.3) is 5.91 Å². The highest BCUT2D eigenvalue weighted by Crippen LogP contribution is 2.22. The van der Waals surface area contributed by atoms with Gasteiger partial charge in [-0.25, -0.2) is 0 Å². The molecule has 0 aromatic heterocycles. The summed E-state index contributed by atoms with van der Waals surface area (Å²) < 4.78 is 0. The maximum Gasteiger partial charge on any atom is 0.251 e. The molecule has 1 aromatic carbocycles. The summed E-state index contributed by atoms with van der Waals surface area (Å²) >= 11 is 11.7. The number of carbonyl (C=O) groups is 1. The number of piperidine rings is 1. The van der Waals surface area contributed by atoms with Crippen LogP contribution < -0.4 is 10.6 Å². The van der Waals surface area contributed by atoms with E-state index < -0.39 is 0 Å². The van der Waals surface area contributed by atoms with Gasteiger partial charge in [-0.2, -0.15) is 0 Å². The molecule has 0 spiro atoms. The molecule has 1 amide bonds. The third-order valence-electron chi connectivity index (χ3n) is 2.86. The molecule has 0 atom stereocenters. The van der Waals surface area contributed by atoms with E-state index in [1.54, 1.807) is 18.2 Å². The molecule has 1 saturated heterocycles. The number of rotatable bonds is 2. The van der Waals surface area contributed by atoms with Crippen molar-refractivity contribution < 1.29 is 4.79 Å². The first-order valence-corrected chi connectivity index (χ1v) is 6.39. The fraction of sp³-hybridized carbons (Fsp3) is 0.417. The molecular weight excluding hydrogens is 259 g/mol. The Kier molecular flexibility index (Phi) is 4.26. The number of halogens is 2. The molecule has 1 aliphatic heterocycles. The number of hydrogen-bond acceptors (Lipinski definition) is 2. The molecule has 2 rings (SSSR count). The molecular formula is C12H14Cl2N2O. The van der Waals surface area contributed by atoms with E-state index >= 15 is 0 Å². The standard InChI is InChI=1S/C12H14Cl2N2O/c13-10-2-1-8(7-11(10)14)12(17)16-9-3-5-15-6-4-9/h1-2,7,9,15H,3-6H2,(H,16,17). The molecule has 0 aliphatic carbocycles. The number of nitrogens with one attached hydrogen (secondary N) is 2. The van der Waals surface area contributed by atoms with Crippen LogP contribution in [0.5, 0.6) is 0 Å². The molecule has 5 heteroatoms. The van der Waals surface area contributed by atoms with Crippen molar-refractivity contribution in [1.82, 2.24) is 10.6 Å². The van der Waals surface area contributed by atoms with E-state index in [-0.39, 0.29) is 11.9 Å². The molecule has 0 bridgehead atoms. The summed E-state index contributed by atoms with van der Waals surface area (Å²) in [5.41, 5.74) is 0.554. The van der Waals surface area contributed by atoms with Crippen LogP contribution in [-0.2, 0) is 0 Å². The van der Waals surface area contributed by atoms with Gasteiger partial charge in [-0.1, -0.05) is 23.2 Å². The minimum Gasteiger partial charge on any atom is -0.349 e. The van der Waals surface area contributed by atoms with E-state index in [0.717, 1.165) is 25.9 Å². The molecule has 1 aromatic rings. The van der Waals surface area contributed by atoms with Gasteiger partial charge in [-0.3, -0.25) is 4.79 Å². The van der Waals surface area contributed by atoms with Gasteiger partial charge < -0.3 is 10.6 Å². The summed E-state index contributed by atoms with van der Waals surface area (Å²) in [6.45, 7) is 1.90. The smallest absolute Gasteiger partial charge is 0.251 e. The Labute approximate surface area is 110 Å². The Bertz CT molecular complexity index is 417. The quantitative estimate of drug-likeness (QED) is 0.869. The van der Waals surface area contributed by atoms with Crippen molar-refractivity contribution in [2.24, 2.45) is 0 Å². The average Bonchev–Trinajstić information content (AvgIpc) is 2.34. The maximum absolute atomic E-state index is 11.9. The average molecular weight is 273 g/mol. The van der Waals surface area contributed by atoms with Crippen LogP contribution in [-0.4, -0.2) is 25.0 Å². The lowest BCUT2D eigenvalue weighted by Gasteiger charge is -2.23. The first-order chi connectivity index (χ1) is 8.16. The lowest BCUT2D eigenvalue weighted by Crippen LogP contribution is -2.42. The Morgan fingerprint density at radius 2 is 1.94 bits per heavy atom. The molecule has 2 N–H and O–H groups in total. The minimum absolute atomic E-state index is 0.0875. The zero-order valence-corrected chi connectivity index (χ0v) is 10.8. The van der Waals surface area contributed by atoms with Crippen molar-refractivity contribution >= 4 is 29.1 Å². The third kappa shape index (κ3) is 3.35. The van der Waals surface area contributed by atoms with Crippen LogP contribution in [0, 0.1) is 0 Å². The highest BCUT2D eigenvalue weighted by atomic mass is 35.5. The van der Waals surface area contributed by atoms with E-state index in [9.17, 15) is 4.79 Å². The van der Waals surface area contributed by atoms with Gasteiger partial charge in [0.05, 0.1) is 10.0 Å². The predicted molar refractivity (Wildman–Crippen MR) is 69.8 cm³/mol. The predicted octanol–water partition coefficient (Wildman–Crippen LogP) is 2.48. The van der Waals surface area contributed by atoms with Crippen molar-refractivity contribution in [1.29, 1.82) is 0 Å². The van der Waals surface area contributed by atoms with Crippen LogP contribution in [0.3, 0.4) is 0 Å². The monoisotopic (exact) mass is 272 g/mol. The molecule has 0 saturated carbocycles. The molecule has 1 heterocycles. The molecule has 92 valence electrons. The van der Waals surface area contributed by atoms with E-state index in [4.69, 9.17) is 23.2 Å². The van der Waals surface area contributed by atoms with Crippen LogP contribution in [0.15, 0.2) is 18.2 Å². The molecule has 1 fully saturated rings. The SMILES string of the molecule is O=C(NC1CCNCC1)c1ccc(Cl)c(Cl)c1. The second-order valence-corrected chi connectivity index (χ2v) is 4.94. The van der Waals surface area contributed by atoms with E-state index in [0.29, 0.717) is 15.6 Å². The Hall–Kier alpha value is -0.770. The summed E-state index contributed by atoms with van der Waals surface area (Å²) in [5, 5.41) is 7.13. The second kappa shape index (κ2) is 5.71. The molecule has 3 nitrogen and oxygen atoms in total. The van der Waals surface area contributed by atoms with Crippen LogP contribution in [0.25, 0.3) is 0 Å². The third-order valence-corrected chi connectivity index (χ3v) is 3.60. The maximum atomic E-state index is 11.9. The first-order valence-electron chi connectivity index (χ1n) is 5.63. The summed E-state index contributed by atoms with van der Waals surface area (Å²) in [4.78, 5) is 11.9. The van der Waals surface area contributed by atoms with Crippen molar-refractivity contribution in [3.8, 4) is 0 Å². The Morgan fingerprint density at radius 1 is 1.24 bits per heavy atom.